The molecule has 3 aromatic rings. The first-order valence-corrected chi connectivity index (χ1v) is 6.91. The highest BCUT2D eigenvalue weighted by molar-refractivity contribution is 5.70. The van der Waals surface area contributed by atoms with Crippen molar-refractivity contribution in [2.45, 2.75) is 6.54 Å². The number of hydrogen-bond acceptors (Lipinski definition) is 3. The van der Waals surface area contributed by atoms with Gasteiger partial charge in [0.25, 0.3) is 0 Å². The second-order valence-electron chi connectivity index (χ2n) is 4.82. The second kappa shape index (κ2) is 6.09. The fourth-order valence-corrected chi connectivity index (χ4v) is 2.30. The van der Waals surface area contributed by atoms with E-state index in [-0.39, 0.29) is 0 Å². The molecule has 0 unspecified atom stereocenters. The molecule has 2 aromatic carbocycles. The van der Waals surface area contributed by atoms with Gasteiger partial charge in [0.1, 0.15) is 0 Å². The van der Waals surface area contributed by atoms with Crippen LogP contribution in [-0.2, 0) is 6.54 Å². The van der Waals surface area contributed by atoms with Crippen molar-refractivity contribution in [2.75, 3.05) is 10.6 Å². The smallest absolute Gasteiger partial charge is 0.156 e. The summed E-state index contributed by atoms with van der Waals surface area (Å²) in [7, 11) is 0. The van der Waals surface area contributed by atoms with Gasteiger partial charge in [-0.1, -0.05) is 48.5 Å². The maximum atomic E-state index is 6.11. The number of benzene rings is 2. The first-order valence-electron chi connectivity index (χ1n) is 6.91. The van der Waals surface area contributed by atoms with Crippen molar-refractivity contribution in [1.82, 2.24) is 4.98 Å². The maximum absolute atomic E-state index is 6.11. The molecule has 0 spiro atoms. The van der Waals surface area contributed by atoms with Gasteiger partial charge in [-0.25, -0.2) is 4.98 Å². The van der Waals surface area contributed by atoms with Gasteiger partial charge in [-0.3, -0.25) is 0 Å². The summed E-state index contributed by atoms with van der Waals surface area (Å²) in [5.74, 6) is 0.785. The molecule has 0 aliphatic carbocycles. The van der Waals surface area contributed by atoms with Crippen LogP contribution >= 0.6 is 0 Å². The molecule has 21 heavy (non-hydrogen) atoms. The predicted molar refractivity (Wildman–Crippen MR) is 87.4 cm³/mol. The van der Waals surface area contributed by atoms with Crippen LogP contribution in [-0.4, -0.2) is 4.98 Å². The molecular formula is C18H17N3. The third kappa shape index (κ3) is 3.03. The lowest BCUT2D eigenvalue weighted by atomic mass is 10.2. The molecule has 0 atom stereocenters. The van der Waals surface area contributed by atoms with E-state index in [9.17, 15) is 0 Å². The van der Waals surface area contributed by atoms with Crippen LogP contribution in [0.5, 0.6) is 0 Å². The van der Waals surface area contributed by atoms with Gasteiger partial charge in [0, 0.05) is 18.4 Å². The van der Waals surface area contributed by atoms with E-state index in [2.05, 4.69) is 34.1 Å². The van der Waals surface area contributed by atoms with E-state index in [0.717, 1.165) is 18.1 Å². The number of nitrogen functional groups attached to an aromatic ring is 1. The highest BCUT2D eigenvalue weighted by Crippen LogP contribution is 2.29. The fourth-order valence-electron chi connectivity index (χ4n) is 2.30. The molecule has 0 saturated heterocycles. The van der Waals surface area contributed by atoms with Crippen LogP contribution in [0.3, 0.4) is 0 Å². The predicted octanol–water partition coefficient (Wildman–Crippen LogP) is 4.00. The largest absolute Gasteiger partial charge is 0.396 e. The van der Waals surface area contributed by atoms with E-state index in [1.165, 1.54) is 5.56 Å². The Morgan fingerprint density at radius 3 is 2.14 bits per heavy atom. The average molecular weight is 275 g/mol. The molecule has 1 heterocycles. The van der Waals surface area contributed by atoms with E-state index in [1.54, 1.807) is 6.20 Å². The third-order valence-corrected chi connectivity index (χ3v) is 3.32. The zero-order chi connectivity index (χ0) is 14.5. The number of hydrogen-bond donors (Lipinski definition) is 1. The zero-order valence-electron chi connectivity index (χ0n) is 11.7. The SMILES string of the molecule is Nc1cccnc1N(Cc1ccccc1)c1ccccc1. The van der Waals surface area contributed by atoms with Gasteiger partial charge in [-0.05, 0) is 29.8 Å². The summed E-state index contributed by atoms with van der Waals surface area (Å²) in [5, 5.41) is 0. The highest BCUT2D eigenvalue weighted by Gasteiger charge is 2.13. The van der Waals surface area contributed by atoms with Crippen molar-refractivity contribution < 1.29 is 0 Å². The molecule has 0 saturated carbocycles. The van der Waals surface area contributed by atoms with Gasteiger partial charge in [0.15, 0.2) is 5.82 Å². The standard InChI is InChI=1S/C18H17N3/c19-17-12-7-13-20-18(17)21(16-10-5-2-6-11-16)14-15-8-3-1-4-9-15/h1-13H,14,19H2. The van der Waals surface area contributed by atoms with Crippen LogP contribution in [0.25, 0.3) is 0 Å². The number of aromatic nitrogens is 1. The van der Waals surface area contributed by atoms with E-state index in [4.69, 9.17) is 5.73 Å². The highest BCUT2D eigenvalue weighted by atomic mass is 15.2. The van der Waals surface area contributed by atoms with E-state index < -0.39 is 0 Å². The number of nitrogens with two attached hydrogens (primary N) is 1. The van der Waals surface area contributed by atoms with Gasteiger partial charge in [0.2, 0.25) is 0 Å². The monoisotopic (exact) mass is 275 g/mol. The van der Waals surface area contributed by atoms with Crippen molar-refractivity contribution in [3.8, 4) is 0 Å². The lowest BCUT2D eigenvalue weighted by molar-refractivity contribution is 0.950. The molecule has 1 aromatic heterocycles. The molecule has 0 bridgehead atoms. The number of pyridine rings is 1. The van der Waals surface area contributed by atoms with Crippen molar-refractivity contribution in [3.63, 3.8) is 0 Å². The molecule has 0 fully saturated rings. The van der Waals surface area contributed by atoms with Crippen LogP contribution in [0.2, 0.25) is 0 Å². The summed E-state index contributed by atoms with van der Waals surface area (Å²) in [5.41, 5.74) is 9.08. The minimum absolute atomic E-state index is 0.678. The molecule has 0 aliphatic heterocycles. The van der Waals surface area contributed by atoms with Crippen LogP contribution in [0, 0.1) is 0 Å². The Balaban J connectivity index is 2.02. The lowest BCUT2D eigenvalue weighted by Gasteiger charge is -2.25. The molecule has 2 N–H and O–H groups in total. The molecular weight excluding hydrogens is 258 g/mol. The minimum Gasteiger partial charge on any atom is -0.396 e. The van der Waals surface area contributed by atoms with E-state index in [1.807, 2.05) is 48.5 Å². The molecule has 3 nitrogen and oxygen atoms in total. The van der Waals surface area contributed by atoms with Gasteiger partial charge >= 0.3 is 0 Å². The molecule has 3 heteroatoms. The minimum atomic E-state index is 0.678. The Morgan fingerprint density at radius 2 is 1.48 bits per heavy atom. The summed E-state index contributed by atoms with van der Waals surface area (Å²) in [6, 6.07) is 24.2. The van der Waals surface area contributed by atoms with Gasteiger partial charge < -0.3 is 10.6 Å². The Bertz CT molecular complexity index is 696. The third-order valence-electron chi connectivity index (χ3n) is 3.32. The van der Waals surface area contributed by atoms with Crippen molar-refractivity contribution in [3.05, 3.63) is 84.6 Å². The Kier molecular flexibility index (Phi) is 3.83. The summed E-state index contributed by atoms with van der Waals surface area (Å²) >= 11 is 0. The number of para-hydroxylation sites is 1. The topological polar surface area (TPSA) is 42.1 Å². The summed E-state index contributed by atoms with van der Waals surface area (Å²) in [6.45, 7) is 0.728. The number of nitrogens with zero attached hydrogens (tertiary/aromatic N) is 2. The summed E-state index contributed by atoms with van der Waals surface area (Å²) in [4.78, 5) is 6.58. The zero-order valence-corrected chi connectivity index (χ0v) is 11.7. The maximum Gasteiger partial charge on any atom is 0.156 e. The Labute approximate surface area is 124 Å². The van der Waals surface area contributed by atoms with Crippen LogP contribution in [0.4, 0.5) is 17.2 Å². The van der Waals surface area contributed by atoms with Gasteiger partial charge in [0.05, 0.1) is 5.69 Å². The first-order chi connectivity index (χ1) is 10.3. The van der Waals surface area contributed by atoms with Crippen LogP contribution in [0.15, 0.2) is 79.0 Å². The molecule has 0 aliphatic rings. The molecule has 0 radical (unpaired) electrons. The Hall–Kier alpha value is -2.81. The first kappa shape index (κ1) is 13.2. The van der Waals surface area contributed by atoms with Crippen LogP contribution in [0.1, 0.15) is 5.56 Å². The summed E-state index contributed by atoms with van der Waals surface area (Å²) < 4.78 is 0. The van der Waals surface area contributed by atoms with E-state index in [0.29, 0.717) is 5.69 Å². The molecule has 104 valence electrons. The molecule has 3 rings (SSSR count). The normalized spacial score (nSPS) is 10.3. The Morgan fingerprint density at radius 1 is 0.810 bits per heavy atom. The van der Waals surface area contributed by atoms with Crippen molar-refractivity contribution in [1.29, 1.82) is 0 Å². The lowest BCUT2D eigenvalue weighted by Crippen LogP contribution is -2.19. The summed E-state index contributed by atoms with van der Waals surface area (Å²) in [6.07, 6.45) is 1.77. The quantitative estimate of drug-likeness (QED) is 0.782. The average Bonchev–Trinajstić information content (AvgIpc) is 2.55. The van der Waals surface area contributed by atoms with Crippen LogP contribution < -0.4 is 10.6 Å². The van der Waals surface area contributed by atoms with Gasteiger partial charge in [-0.2, -0.15) is 0 Å². The van der Waals surface area contributed by atoms with Crippen molar-refractivity contribution in [2.24, 2.45) is 0 Å². The van der Waals surface area contributed by atoms with E-state index >= 15 is 0 Å². The molecule has 0 amide bonds. The fraction of sp³-hybridized carbons (Fsp3) is 0.0556. The van der Waals surface area contributed by atoms with Gasteiger partial charge in [-0.15, -0.1) is 0 Å². The van der Waals surface area contributed by atoms with Crippen molar-refractivity contribution >= 4 is 17.2 Å². The number of rotatable bonds is 4. The number of anilines is 3. The second-order valence-corrected chi connectivity index (χ2v) is 4.82.